The molecular weight excluding hydrogens is 264 g/mol. The van der Waals surface area contributed by atoms with Crippen molar-refractivity contribution >= 4 is 28.6 Å². The predicted molar refractivity (Wildman–Crippen MR) is 74.2 cm³/mol. The Morgan fingerprint density at radius 3 is 3.06 bits per heavy atom. The van der Waals surface area contributed by atoms with Gasteiger partial charge in [0.05, 0.1) is 10.9 Å². The molecule has 0 spiro atoms. The number of thiophene rings is 1. The SMILES string of the molecule is Cc1ccc(C(=O)N2CCC[C@H]2c2nccs2)s1. The maximum Gasteiger partial charge on any atom is 0.264 e. The highest BCUT2D eigenvalue weighted by molar-refractivity contribution is 7.14. The van der Waals surface area contributed by atoms with Crippen molar-refractivity contribution in [1.29, 1.82) is 0 Å². The molecule has 0 saturated carbocycles. The van der Waals surface area contributed by atoms with Gasteiger partial charge in [0, 0.05) is 23.0 Å². The fourth-order valence-corrected chi connectivity index (χ4v) is 3.97. The molecule has 1 atom stereocenters. The average Bonchev–Trinajstić information content (AvgIpc) is 3.08. The van der Waals surface area contributed by atoms with Crippen molar-refractivity contribution in [2.24, 2.45) is 0 Å². The quantitative estimate of drug-likeness (QED) is 0.842. The molecule has 0 aromatic carbocycles. The van der Waals surface area contributed by atoms with Crippen LogP contribution in [0.2, 0.25) is 0 Å². The van der Waals surface area contributed by atoms with E-state index >= 15 is 0 Å². The highest BCUT2D eigenvalue weighted by atomic mass is 32.1. The van der Waals surface area contributed by atoms with E-state index in [1.165, 1.54) is 4.88 Å². The van der Waals surface area contributed by atoms with Gasteiger partial charge in [0.15, 0.2) is 0 Å². The number of carbonyl (C=O) groups is 1. The summed E-state index contributed by atoms with van der Waals surface area (Å²) in [6.07, 6.45) is 3.92. The van der Waals surface area contributed by atoms with Gasteiger partial charge in [0.25, 0.3) is 5.91 Å². The summed E-state index contributed by atoms with van der Waals surface area (Å²) in [7, 11) is 0. The molecule has 1 amide bonds. The van der Waals surface area contributed by atoms with Crippen LogP contribution in [-0.4, -0.2) is 22.3 Å². The molecular formula is C13H14N2OS2. The second-order valence-corrected chi connectivity index (χ2v) is 6.65. The number of carbonyl (C=O) groups excluding carboxylic acids is 1. The molecule has 1 aliphatic rings. The van der Waals surface area contributed by atoms with Gasteiger partial charge in [-0.05, 0) is 31.9 Å². The van der Waals surface area contributed by atoms with Gasteiger partial charge in [-0.25, -0.2) is 4.98 Å². The monoisotopic (exact) mass is 278 g/mol. The van der Waals surface area contributed by atoms with Crippen LogP contribution < -0.4 is 0 Å². The molecule has 18 heavy (non-hydrogen) atoms. The van der Waals surface area contributed by atoms with Crippen molar-refractivity contribution in [3.8, 4) is 0 Å². The molecule has 5 heteroatoms. The summed E-state index contributed by atoms with van der Waals surface area (Å²) >= 11 is 3.21. The molecule has 1 aliphatic heterocycles. The smallest absolute Gasteiger partial charge is 0.264 e. The second kappa shape index (κ2) is 4.82. The molecule has 0 radical (unpaired) electrons. The summed E-state index contributed by atoms with van der Waals surface area (Å²) in [5, 5.41) is 3.04. The summed E-state index contributed by atoms with van der Waals surface area (Å²) in [4.78, 5) is 20.8. The minimum absolute atomic E-state index is 0.158. The van der Waals surface area contributed by atoms with Crippen molar-refractivity contribution in [3.05, 3.63) is 38.5 Å². The highest BCUT2D eigenvalue weighted by Gasteiger charge is 2.32. The molecule has 0 aliphatic carbocycles. The lowest BCUT2D eigenvalue weighted by molar-refractivity contribution is 0.0740. The van der Waals surface area contributed by atoms with Crippen LogP contribution >= 0.6 is 22.7 Å². The van der Waals surface area contributed by atoms with Gasteiger partial charge in [0.2, 0.25) is 0 Å². The Morgan fingerprint density at radius 2 is 2.39 bits per heavy atom. The van der Waals surface area contributed by atoms with Crippen LogP contribution in [0.25, 0.3) is 0 Å². The molecule has 2 aromatic heterocycles. The second-order valence-electron chi connectivity index (χ2n) is 4.44. The van der Waals surface area contributed by atoms with E-state index in [2.05, 4.69) is 4.98 Å². The van der Waals surface area contributed by atoms with Crippen molar-refractivity contribution in [2.75, 3.05) is 6.54 Å². The summed E-state index contributed by atoms with van der Waals surface area (Å²) in [6.45, 7) is 2.88. The number of aryl methyl sites for hydroxylation is 1. The minimum Gasteiger partial charge on any atom is -0.328 e. The van der Waals surface area contributed by atoms with Crippen LogP contribution in [0.15, 0.2) is 23.7 Å². The highest BCUT2D eigenvalue weighted by Crippen LogP contribution is 2.34. The zero-order valence-electron chi connectivity index (χ0n) is 10.1. The zero-order valence-corrected chi connectivity index (χ0v) is 11.8. The zero-order chi connectivity index (χ0) is 12.5. The van der Waals surface area contributed by atoms with E-state index in [0.29, 0.717) is 0 Å². The number of rotatable bonds is 2. The number of nitrogens with zero attached hydrogens (tertiary/aromatic N) is 2. The minimum atomic E-state index is 0.158. The lowest BCUT2D eigenvalue weighted by Crippen LogP contribution is -2.29. The molecule has 0 N–H and O–H groups in total. The standard InChI is InChI=1S/C13H14N2OS2/c1-9-4-5-11(18-9)13(16)15-7-2-3-10(15)12-14-6-8-17-12/h4-6,8,10H,2-3,7H2,1H3/t10-/m0/s1. The van der Waals surface area contributed by atoms with Crippen molar-refractivity contribution < 1.29 is 4.79 Å². The molecule has 1 fully saturated rings. The van der Waals surface area contributed by atoms with Gasteiger partial charge >= 0.3 is 0 Å². The summed E-state index contributed by atoms with van der Waals surface area (Å²) < 4.78 is 0. The third-order valence-electron chi connectivity index (χ3n) is 3.20. The van der Waals surface area contributed by atoms with E-state index < -0.39 is 0 Å². The van der Waals surface area contributed by atoms with Gasteiger partial charge < -0.3 is 4.90 Å². The Labute approximate surface area is 114 Å². The largest absolute Gasteiger partial charge is 0.328 e. The fourth-order valence-electron chi connectivity index (χ4n) is 2.36. The van der Waals surface area contributed by atoms with Crippen LogP contribution in [0.5, 0.6) is 0 Å². The maximum absolute atomic E-state index is 12.5. The van der Waals surface area contributed by atoms with E-state index in [1.54, 1.807) is 22.7 Å². The normalized spacial score (nSPS) is 19.4. The average molecular weight is 278 g/mol. The molecule has 94 valence electrons. The Morgan fingerprint density at radius 1 is 1.50 bits per heavy atom. The van der Waals surface area contributed by atoms with Crippen LogP contribution in [0.1, 0.15) is 38.4 Å². The Balaban J connectivity index is 1.85. The number of hydrogen-bond acceptors (Lipinski definition) is 4. The van der Waals surface area contributed by atoms with Crippen molar-refractivity contribution in [2.45, 2.75) is 25.8 Å². The molecule has 1 saturated heterocycles. The lowest BCUT2D eigenvalue weighted by atomic mass is 10.2. The predicted octanol–water partition coefficient (Wildman–Crippen LogP) is 3.49. The van der Waals surface area contributed by atoms with Crippen LogP contribution in [-0.2, 0) is 0 Å². The summed E-state index contributed by atoms with van der Waals surface area (Å²) in [6, 6.07) is 4.12. The van der Waals surface area contributed by atoms with Crippen LogP contribution in [0.3, 0.4) is 0 Å². The Kier molecular flexibility index (Phi) is 3.18. The van der Waals surface area contributed by atoms with Gasteiger partial charge in [-0.1, -0.05) is 0 Å². The number of thiazole rings is 1. The maximum atomic E-state index is 12.5. The molecule has 0 bridgehead atoms. The van der Waals surface area contributed by atoms with Crippen LogP contribution in [0, 0.1) is 6.92 Å². The third kappa shape index (κ3) is 2.08. The summed E-state index contributed by atoms with van der Waals surface area (Å²) in [5.41, 5.74) is 0. The van der Waals surface area contributed by atoms with Gasteiger partial charge in [-0.2, -0.15) is 0 Å². The first-order valence-electron chi connectivity index (χ1n) is 6.02. The van der Waals surface area contributed by atoms with Crippen molar-refractivity contribution in [1.82, 2.24) is 9.88 Å². The molecule has 3 rings (SSSR count). The number of aromatic nitrogens is 1. The Bertz CT molecular complexity index is 547. The lowest BCUT2D eigenvalue weighted by Gasteiger charge is -2.22. The van der Waals surface area contributed by atoms with E-state index in [-0.39, 0.29) is 11.9 Å². The third-order valence-corrected chi connectivity index (χ3v) is 5.07. The van der Waals surface area contributed by atoms with E-state index in [0.717, 1.165) is 29.3 Å². The van der Waals surface area contributed by atoms with Crippen LogP contribution in [0.4, 0.5) is 0 Å². The molecule has 0 unspecified atom stereocenters. The van der Waals surface area contributed by atoms with Gasteiger partial charge in [-0.15, -0.1) is 22.7 Å². The molecule has 2 aromatic rings. The van der Waals surface area contributed by atoms with E-state index in [1.807, 2.05) is 35.5 Å². The molecule has 3 heterocycles. The topological polar surface area (TPSA) is 33.2 Å². The van der Waals surface area contributed by atoms with E-state index in [4.69, 9.17) is 0 Å². The molecule has 3 nitrogen and oxygen atoms in total. The van der Waals surface area contributed by atoms with E-state index in [9.17, 15) is 4.79 Å². The first-order chi connectivity index (χ1) is 8.75. The number of hydrogen-bond donors (Lipinski definition) is 0. The van der Waals surface area contributed by atoms with Gasteiger partial charge in [-0.3, -0.25) is 4.79 Å². The first-order valence-corrected chi connectivity index (χ1v) is 7.72. The number of amides is 1. The summed E-state index contributed by atoms with van der Waals surface area (Å²) in [5.74, 6) is 0.158. The Hall–Kier alpha value is -1.20. The number of likely N-dealkylation sites (tertiary alicyclic amines) is 1. The first kappa shape index (κ1) is 11.9. The van der Waals surface area contributed by atoms with Crippen molar-refractivity contribution in [3.63, 3.8) is 0 Å². The fraction of sp³-hybridized carbons (Fsp3) is 0.385. The van der Waals surface area contributed by atoms with Gasteiger partial charge in [0.1, 0.15) is 5.01 Å².